The van der Waals surface area contributed by atoms with Gasteiger partial charge in [-0.2, -0.15) is 0 Å². The summed E-state index contributed by atoms with van der Waals surface area (Å²) in [5, 5.41) is 0.789. The smallest absolute Gasteiger partial charge is 0.0504 e. The van der Waals surface area contributed by atoms with Gasteiger partial charge in [-0.25, -0.2) is 0 Å². The number of hydrogen-bond acceptors (Lipinski definition) is 1. The zero-order valence-corrected chi connectivity index (χ0v) is 10.2. The lowest BCUT2D eigenvalue weighted by Gasteiger charge is -2.14. The highest BCUT2D eigenvalue weighted by Crippen LogP contribution is 2.30. The summed E-state index contributed by atoms with van der Waals surface area (Å²) in [4.78, 5) is 2.04. The number of halogens is 1. The average Bonchev–Trinajstić information content (AvgIpc) is 2.30. The summed E-state index contributed by atoms with van der Waals surface area (Å²) >= 11 is 6.28. The van der Waals surface area contributed by atoms with Gasteiger partial charge < -0.3 is 4.90 Å². The van der Waals surface area contributed by atoms with E-state index in [1.165, 1.54) is 0 Å². The molecule has 1 nitrogen and oxygen atoms in total. The standard InChI is InChI=1S/C14H14ClN/c1-16(2)12-8-9-13(14(15)10-12)11-6-4-3-5-7-11/h3-10H,1-2H3. The van der Waals surface area contributed by atoms with Crippen LogP contribution < -0.4 is 4.90 Å². The van der Waals surface area contributed by atoms with E-state index in [0.29, 0.717) is 0 Å². The molecule has 0 spiro atoms. The maximum atomic E-state index is 6.28. The van der Waals surface area contributed by atoms with Gasteiger partial charge in [-0.15, -0.1) is 0 Å². The molecular weight excluding hydrogens is 218 g/mol. The number of benzene rings is 2. The van der Waals surface area contributed by atoms with Crippen molar-refractivity contribution >= 4 is 17.3 Å². The Balaban J connectivity index is 2.45. The van der Waals surface area contributed by atoms with Crippen molar-refractivity contribution in [2.75, 3.05) is 19.0 Å². The minimum atomic E-state index is 0.789. The first-order valence-corrected chi connectivity index (χ1v) is 5.58. The van der Waals surface area contributed by atoms with Crippen molar-refractivity contribution < 1.29 is 0 Å². The molecular formula is C14H14ClN. The van der Waals surface area contributed by atoms with E-state index in [1.807, 2.05) is 43.3 Å². The van der Waals surface area contributed by atoms with Gasteiger partial charge in [0.05, 0.1) is 5.02 Å². The van der Waals surface area contributed by atoms with Crippen LogP contribution >= 0.6 is 11.6 Å². The summed E-state index contributed by atoms with van der Waals surface area (Å²) in [5.41, 5.74) is 3.34. The fourth-order valence-electron chi connectivity index (χ4n) is 1.63. The van der Waals surface area contributed by atoms with Crippen LogP contribution in [0.4, 0.5) is 5.69 Å². The van der Waals surface area contributed by atoms with Gasteiger partial charge in [0.1, 0.15) is 0 Å². The molecule has 2 rings (SSSR count). The van der Waals surface area contributed by atoms with Crippen LogP contribution in [-0.4, -0.2) is 14.1 Å². The van der Waals surface area contributed by atoms with E-state index in [-0.39, 0.29) is 0 Å². The van der Waals surface area contributed by atoms with Crippen molar-refractivity contribution in [3.8, 4) is 11.1 Å². The second-order valence-electron chi connectivity index (χ2n) is 3.92. The highest BCUT2D eigenvalue weighted by molar-refractivity contribution is 6.33. The Morgan fingerprint density at radius 3 is 2.19 bits per heavy atom. The van der Waals surface area contributed by atoms with Crippen molar-refractivity contribution in [1.29, 1.82) is 0 Å². The Kier molecular flexibility index (Phi) is 3.16. The van der Waals surface area contributed by atoms with Crippen LogP contribution in [-0.2, 0) is 0 Å². The van der Waals surface area contributed by atoms with Crippen LogP contribution in [0.1, 0.15) is 0 Å². The number of anilines is 1. The predicted molar refractivity (Wildman–Crippen MR) is 71.2 cm³/mol. The van der Waals surface area contributed by atoms with Crippen LogP contribution in [0.15, 0.2) is 48.5 Å². The molecule has 0 saturated carbocycles. The number of rotatable bonds is 2. The molecule has 0 amide bonds. The highest BCUT2D eigenvalue weighted by atomic mass is 35.5. The zero-order chi connectivity index (χ0) is 11.5. The zero-order valence-electron chi connectivity index (χ0n) is 9.44. The number of hydrogen-bond donors (Lipinski definition) is 0. The highest BCUT2D eigenvalue weighted by Gasteiger charge is 2.04. The van der Waals surface area contributed by atoms with Gasteiger partial charge in [0.25, 0.3) is 0 Å². The number of nitrogens with zero attached hydrogens (tertiary/aromatic N) is 1. The van der Waals surface area contributed by atoms with Gasteiger partial charge in [-0.1, -0.05) is 48.0 Å². The molecule has 0 fully saturated rings. The third kappa shape index (κ3) is 2.20. The molecule has 0 unspecified atom stereocenters. The van der Waals surface area contributed by atoms with E-state index in [2.05, 4.69) is 24.3 Å². The average molecular weight is 232 g/mol. The SMILES string of the molecule is CN(C)c1ccc(-c2ccccc2)c(Cl)c1. The molecule has 2 aromatic rings. The normalized spacial score (nSPS) is 10.2. The fraction of sp³-hybridized carbons (Fsp3) is 0.143. The van der Waals surface area contributed by atoms with Crippen LogP contribution in [0.3, 0.4) is 0 Å². The topological polar surface area (TPSA) is 3.24 Å². The van der Waals surface area contributed by atoms with Gasteiger partial charge in [-0.3, -0.25) is 0 Å². The van der Waals surface area contributed by atoms with E-state index >= 15 is 0 Å². The first-order valence-electron chi connectivity index (χ1n) is 5.21. The molecule has 0 radical (unpaired) electrons. The van der Waals surface area contributed by atoms with E-state index in [1.54, 1.807) is 0 Å². The molecule has 0 atom stereocenters. The molecule has 82 valence electrons. The third-order valence-electron chi connectivity index (χ3n) is 2.55. The molecule has 0 heterocycles. The molecule has 2 heteroatoms. The van der Waals surface area contributed by atoms with Crippen molar-refractivity contribution in [3.05, 3.63) is 53.6 Å². The van der Waals surface area contributed by atoms with Gasteiger partial charge in [0, 0.05) is 25.3 Å². The molecule has 16 heavy (non-hydrogen) atoms. The molecule has 0 N–H and O–H groups in total. The van der Waals surface area contributed by atoms with Crippen LogP contribution in [0.5, 0.6) is 0 Å². The summed E-state index contributed by atoms with van der Waals surface area (Å²) in [6.45, 7) is 0. The maximum Gasteiger partial charge on any atom is 0.0504 e. The Hall–Kier alpha value is -1.47. The summed E-state index contributed by atoms with van der Waals surface area (Å²) in [6, 6.07) is 16.3. The van der Waals surface area contributed by atoms with E-state index < -0.39 is 0 Å². The van der Waals surface area contributed by atoms with Crippen molar-refractivity contribution in [1.82, 2.24) is 0 Å². The first kappa shape index (κ1) is 11.0. The van der Waals surface area contributed by atoms with Gasteiger partial charge >= 0.3 is 0 Å². The Morgan fingerprint density at radius 2 is 1.62 bits per heavy atom. The molecule has 2 aromatic carbocycles. The summed E-state index contributed by atoms with van der Waals surface area (Å²) in [7, 11) is 4.02. The Bertz CT molecular complexity index is 477. The monoisotopic (exact) mass is 231 g/mol. The van der Waals surface area contributed by atoms with E-state index in [4.69, 9.17) is 11.6 Å². The third-order valence-corrected chi connectivity index (χ3v) is 2.87. The lowest BCUT2D eigenvalue weighted by Crippen LogP contribution is -2.08. The minimum absolute atomic E-state index is 0.789. The Labute approximate surface area is 101 Å². The largest absolute Gasteiger partial charge is 0.378 e. The lowest BCUT2D eigenvalue weighted by molar-refractivity contribution is 1.13. The molecule has 0 aliphatic carbocycles. The van der Waals surface area contributed by atoms with Gasteiger partial charge in [0.15, 0.2) is 0 Å². The van der Waals surface area contributed by atoms with Crippen LogP contribution in [0.25, 0.3) is 11.1 Å². The first-order chi connectivity index (χ1) is 7.68. The lowest BCUT2D eigenvalue weighted by atomic mass is 10.1. The minimum Gasteiger partial charge on any atom is -0.378 e. The quantitative estimate of drug-likeness (QED) is 0.753. The predicted octanol–water partition coefficient (Wildman–Crippen LogP) is 4.07. The molecule has 0 aliphatic heterocycles. The van der Waals surface area contributed by atoms with E-state index in [0.717, 1.165) is 21.8 Å². The van der Waals surface area contributed by atoms with Crippen LogP contribution in [0, 0.1) is 0 Å². The van der Waals surface area contributed by atoms with Gasteiger partial charge in [-0.05, 0) is 17.7 Å². The van der Waals surface area contributed by atoms with Crippen molar-refractivity contribution in [3.63, 3.8) is 0 Å². The second kappa shape index (κ2) is 4.58. The maximum absolute atomic E-state index is 6.28. The summed E-state index contributed by atoms with van der Waals surface area (Å²) in [5.74, 6) is 0. The molecule has 0 aromatic heterocycles. The molecule has 0 saturated heterocycles. The van der Waals surface area contributed by atoms with Crippen molar-refractivity contribution in [2.45, 2.75) is 0 Å². The fourth-order valence-corrected chi connectivity index (χ4v) is 1.92. The van der Waals surface area contributed by atoms with Crippen LogP contribution in [0.2, 0.25) is 5.02 Å². The second-order valence-corrected chi connectivity index (χ2v) is 4.33. The molecule has 0 bridgehead atoms. The van der Waals surface area contributed by atoms with Crippen molar-refractivity contribution in [2.24, 2.45) is 0 Å². The molecule has 0 aliphatic rings. The Morgan fingerprint density at radius 1 is 0.938 bits per heavy atom. The summed E-state index contributed by atoms with van der Waals surface area (Å²) in [6.07, 6.45) is 0. The van der Waals surface area contributed by atoms with E-state index in [9.17, 15) is 0 Å². The van der Waals surface area contributed by atoms with Gasteiger partial charge in [0.2, 0.25) is 0 Å². The summed E-state index contributed by atoms with van der Waals surface area (Å²) < 4.78 is 0.